The molecule has 0 saturated carbocycles. The van der Waals surface area contributed by atoms with Crippen LogP contribution in [0.25, 0.3) is 0 Å². The van der Waals surface area contributed by atoms with Crippen molar-refractivity contribution in [1.29, 1.82) is 0 Å². The van der Waals surface area contributed by atoms with Crippen molar-refractivity contribution < 1.29 is 36.2 Å². The van der Waals surface area contributed by atoms with E-state index in [4.69, 9.17) is 4.74 Å². The molecule has 2 aromatic rings. The van der Waals surface area contributed by atoms with E-state index in [1.165, 1.54) is 25.3 Å². The molecule has 0 aliphatic heterocycles. The Morgan fingerprint density at radius 1 is 1.00 bits per heavy atom. The van der Waals surface area contributed by atoms with Gasteiger partial charge in [0.25, 0.3) is 0 Å². The fourth-order valence-corrected chi connectivity index (χ4v) is 3.57. The molecule has 0 saturated heterocycles. The van der Waals surface area contributed by atoms with Crippen LogP contribution in [-0.4, -0.2) is 24.5 Å². The van der Waals surface area contributed by atoms with Gasteiger partial charge in [0.1, 0.15) is 24.1 Å². The minimum Gasteiger partial charge on any atom is -0.496 e. The van der Waals surface area contributed by atoms with Crippen molar-refractivity contribution in [3.63, 3.8) is 0 Å². The van der Waals surface area contributed by atoms with Crippen molar-refractivity contribution in [3.05, 3.63) is 64.7 Å². The molecule has 0 aliphatic carbocycles. The van der Waals surface area contributed by atoms with Crippen LogP contribution in [0.2, 0.25) is 0 Å². The number of alkyl halides is 4. The molecule has 0 aliphatic rings. The molecule has 0 bridgehead atoms. The molecule has 0 amide bonds. The van der Waals surface area contributed by atoms with Crippen LogP contribution in [0.15, 0.2) is 36.4 Å². The highest BCUT2D eigenvalue weighted by molar-refractivity contribution is 5.40. The zero-order valence-corrected chi connectivity index (χ0v) is 16.2. The van der Waals surface area contributed by atoms with Gasteiger partial charge in [-0.15, -0.1) is 0 Å². The molecule has 1 atom stereocenters. The molecule has 2 aromatic carbocycles. The van der Waals surface area contributed by atoms with Crippen LogP contribution in [0.1, 0.15) is 37.0 Å². The highest BCUT2D eigenvalue weighted by Gasteiger charge is 2.40. The van der Waals surface area contributed by atoms with Crippen LogP contribution in [0.4, 0.5) is 26.3 Å². The Bertz CT molecular complexity index is 863. The quantitative estimate of drug-likeness (QED) is 0.591. The van der Waals surface area contributed by atoms with E-state index in [9.17, 15) is 31.4 Å². The van der Waals surface area contributed by atoms with E-state index in [-0.39, 0.29) is 6.42 Å². The smallest absolute Gasteiger partial charge is 0.419 e. The number of aliphatic hydroxyl groups is 1. The Kier molecular flexibility index (Phi) is 6.57. The molecule has 0 spiro atoms. The van der Waals surface area contributed by atoms with Crippen molar-refractivity contribution in [2.24, 2.45) is 0 Å². The van der Waals surface area contributed by atoms with Crippen molar-refractivity contribution in [1.82, 2.24) is 0 Å². The van der Waals surface area contributed by atoms with Gasteiger partial charge < -0.3 is 9.84 Å². The van der Waals surface area contributed by atoms with Crippen molar-refractivity contribution >= 4 is 0 Å². The molecule has 1 N–H and O–H groups in total. The molecule has 8 heteroatoms. The van der Waals surface area contributed by atoms with Gasteiger partial charge in [0.15, 0.2) is 0 Å². The summed E-state index contributed by atoms with van der Waals surface area (Å²) in [6.45, 7) is 1.88. The minimum atomic E-state index is -4.91. The first-order valence-electron chi connectivity index (χ1n) is 8.80. The summed E-state index contributed by atoms with van der Waals surface area (Å²) in [6, 6.07) is 6.39. The summed E-state index contributed by atoms with van der Waals surface area (Å²) < 4.78 is 85.9. The van der Waals surface area contributed by atoms with Crippen molar-refractivity contribution in [3.8, 4) is 5.75 Å². The lowest BCUT2D eigenvalue weighted by Gasteiger charge is -2.36. The predicted molar refractivity (Wildman–Crippen MR) is 96.6 cm³/mol. The topological polar surface area (TPSA) is 29.5 Å². The summed E-state index contributed by atoms with van der Waals surface area (Å²) in [4.78, 5) is 0. The molecule has 0 aromatic heterocycles. The summed E-state index contributed by atoms with van der Waals surface area (Å²) >= 11 is 0. The molecular weight excluding hydrogens is 398 g/mol. The van der Waals surface area contributed by atoms with Gasteiger partial charge in [-0.1, -0.05) is 26.0 Å². The number of hydrogen-bond acceptors (Lipinski definition) is 2. The highest BCUT2D eigenvalue weighted by Crippen LogP contribution is 2.40. The molecule has 2 nitrogen and oxygen atoms in total. The van der Waals surface area contributed by atoms with E-state index < -0.39 is 53.0 Å². The third-order valence-corrected chi connectivity index (χ3v) is 4.81. The van der Waals surface area contributed by atoms with Crippen LogP contribution < -0.4 is 4.74 Å². The summed E-state index contributed by atoms with van der Waals surface area (Å²) in [5.74, 6) is -1.81. The summed E-state index contributed by atoms with van der Waals surface area (Å²) in [5.41, 5.74) is -4.81. The first kappa shape index (κ1) is 23.1. The molecule has 0 heterocycles. The van der Waals surface area contributed by atoms with Gasteiger partial charge in [0, 0.05) is 12.0 Å². The van der Waals surface area contributed by atoms with Gasteiger partial charge in [0.2, 0.25) is 0 Å². The Hall–Kier alpha value is -2.22. The van der Waals surface area contributed by atoms with Gasteiger partial charge in [-0.25, -0.2) is 13.2 Å². The first-order chi connectivity index (χ1) is 13.3. The van der Waals surface area contributed by atoms with E-state index in [0.29, 0.717) is 17.4 Å². The van der Waals surface area contributed by atoms with Gasteiger partial charge in [-0.05, 0) is 41.7 Å². The number of methoxy groups -OCH3 is 1. The van der Waals surface area contributed by atoms with Crippen molar-refractivity contribution in [2.45, 2.75) is 43.9 Å². The second-order valence-electron chi connectivity index (χ2n) is 7.72. The predicted octanol–water partition coefficient (Wildman–Crippen LogP) is 5.60. The van der Waals surface area contributed by atoms with Gasteiger partial charge in [-0.2, -0.15) is 13.2 Å². The zero-order valence-electron chi connectivity index (χ0n) is 16.2. The minimum absolute atomic E-state index is 0.308. The Morgan fingerprint density at radius 2 is 1.66 bits per heavy atom. The summed E-state index contributed by atoms with van der Waals surface area (Å²) in [5, 5.41) is 10.8. The number of benzene rings is 2. The van der Waals surface area contributed by atoms with Crippen LogP contribution in [0.5, 0.6) is 5.75 Å². The third-order valence-electron chi connectivity index (χ3n) is 4.81. The van der Waals surface area contributed by atoms with Crippen LogP contribution in [-0.2, 0) is 18.0 Å². The van der Waals surface area contributed by atoms with Crippen LogP contribution >= 0.6 is 0 Å². The molecule has 0 radical (unpaired) electrons. The van der Waals surface area contributed by atoms with E-state index in [0.717, 1.165) is 12.1 Å². The normalized spacial score (nSPS) is 14.6. The Balaban J connectivity index is 2.39. The van der Waals surface area contributed by atoms with E-state index in [2.05, 4.69) is 0 Å². The Morgan fingerprint density at radius 3 is 2.21 bits per heavy atom. The van der Waals surface area contributed by atoms with E-state index >= 15 is 0 Å². The molecular formula is C21H22F6O2. The fourth-order valence-electron chi connectivity index (χ4n) is 3.57. The fraction of sp³-hybridized carbons (Fsp3) is 0.429. The standard InChI is InChI=1S/C21H22F6O2/c1-19(2,16-9-14(23)7-8-17(16)29-3)11-20(28,12-22)10-13-5-4-6-15(18(13)24)21(25,26)27/h4-9,28H,10-12H2,1-3H3. The number of ether oxygens (including phenoxy) is 1. The number of hydrogen-bond donors (Lipinski definition) is 1. The lowest BCUT2D eigenvalue weighted by Crippen LogP contribution is -2.41. The third kappa shape index (κ3) is 5.23. The van der Waals surface area contributed by atoms with E-state index in [1.54, 1.807) is 13.8 Å². The summed E-state index contributed by atoms with van der Waals surface area (Å²) in [7, 11) is 1.37. The number of rotatable bonds is 7. The van der Waals surface area contributed by atoms with Crippen LogP contribution in [0, 0.1) is 11.6 Å². The largest absolute Gasteiger partial charge is 0.496 e. The second kappa shape index (κ2) is 8.26. The molecule has 1 unspecified atom stereocenters. The van der Waals surface area contributed by atoms with Gasteiger partial charge in [0.05, 0.1) is 18.3 Å². The summed E-state index contributed by atoms with van der Waals surface area (Å²) in [6.07, 6.45) is -5.91. The average molecular weight is 420 g/mol. The molecule has 0 fully saturated rings. The maximum absolute atomic E-state index is 14.3. The van der Waals surface area contributed by atoms with Gasteiger partial charge in [-0.3, -0.25) is 0 Å². The maximum Gasteiger partial charge on any atom is 0.419 e. The SMILES string of the molecule is COc1ccc(F)cc1C(C)(C)CC(O)(CF)Cc1cccc(C(F)(F)F)c1F. The lowest BCUT2D eigenvalue weighted by atomic mass is 9.73. The maximum atomic E-state index is 14.3. The molecule has 29 heavy (non-hydrogen) atoms. The Labute approximate surface area is 165 Å². The number of halogens is 6. The van der Waals surface area contributed by atoms with Crippen LogP contribution in [0.3, 0.4) is 0 Å². The second-order valence-corrected chi connectivity index (χ2v) is 7.72. The molecule has 2 rings (SSSR count). The first-order valence-corrected chi connectivity index (χ1v) is 8.80. The van der Waals surface area contributed by atoms with Gasteiger partial charge >= 0.3 is 6.18 Å². The lowest BCUT2D eigenvalue weighted by molar-refractivity contribution is -0.140. The monoisotopic (exact) mass is 420 g/mol. The average Bonchev–Trinajstić information content (AvgIpc) is 2.62. The van der Waals surface area contributed by atoms with E-state index in [1.807, 2.05) is 0 Å². The zero-order chi connectivity index (χ0) is 22.0. The highest BCUT2D eigenvalue weighted by atomic mass is 19.4. The molecule has 160 valence electrons. The van der Waals surface area contributed by atoms with Crippen molar-refractivity contribution in [2.75, 3.05) is 13.8 Å².